The minimum Gasteiger partial charge on any atom is -0.388 e. The molecule has 0 bridgehead atoms. The molecule has 0 heterocycles. The van der Waals surface area contributed by atoms with E-state index in [2.05, 4.69) is 34.7 Å². The molecule has 0 radical (unpaired) electrons. The Morgan fingerprint density at radius 2 is 1.89 bits per heavy atom. The lowest BCUT2D eigenvalue weighted by atomic mass is 10.0. The largest absolute Gasteiger partial charge is 0.388 e. The topological polar surface area (TPSA) is 20.2 Å². The molecule has 2 aromatic rings. The van der Waals surface area contributed by atoms with Crippen LogP contribution in [0.1, 0.15) is 29.6 Å². The van der Waals surface area contributed by atoms with Crippen LogP contribution in [0.15, 0.2) is 48.5 Å². The maximum Gasteiger partial charge on any atom is 0.124 e. The van der Waals surface area contributed by atoms with Crippen molar-refractivity contribution in [2.45, 2.75) is 18.4 Å². The molecule has 1 fully saturated rings. The molecule has 1 aliphatic carbocycles. The van der Waals surface area contributed by atoms with E-state index in [9.17, 15) is 9.50 Å². The van der Waals surface area contributed by atoms with Crippen molar-refractivity contribution in [3.63, 3.8) is 0 Å². The van der Waals surface area contributed by atoms with E-state index in [0.717, 1.165) is 15.6 Å². The normalized spacial score (nSPS) is 23.1. The van der Waals surface area contributed by atoms with Crippen LogP contribution in [0, 0.1) is 15.3 Å². The third kappa shape index (κ3) is 2.67. The minimum atomic E-state index is -0.502. The number of hydrogen-bond acceptors (Lipinski definition) is 1. The van der Waals surface area contributed by atoms with Crippen LogP contribution >= 0.6 is 22.6 Å². The molecule has 1 saturated carbocycles. The van der Waals surface area contributed by atoms with Crippen molar-refractivity contribution in [2.24, 2.45) is 5.92 Å². The van der Waals surface area contributed by atoms with Gasteiger partial charge in [-0.25, -0.2) is 4.39 Å². The molecular formula is C16H14FIO. The first-order valence-corrected chi connectivity index (χ1v) is 7.42. The summed E-state index contributed by atoms with van der Waals surface area (Å²) < 4.78 is 13.9. The monoisotopic (exact) mass is 368 g/mol. The van der Waals surface area contributed by atoms with E-state index in [1.54, 1.807) is 6.07 Å². The highest BCUT2D eigenvalue weighted by molar-refractivity contribution is 14.1. The van der Waals surface area contributed by atoms with Crippen LogP contribution in [0.4, 0.5) is 4.39 Å². The Bertz CT molecular complexity index is 585. The van der Waals surface area contributed by atoms with Gasteiger partial charge in [0.05, 0.1) is 6.10 Å². The van der Waals surface area contributed by atoms with Gasteiger partial charge < -0.3 is 5.11 Å². The van der Waals surface area contributed by atoms with Crippen molar-refractivity contribution in [1.29, 1.82) is 0 Å². The molecule has 3 atom stereocenters. The molecule has 1 N–H and O–H groups in total. The van der Waals surface area contributed by atoms with Crippen molar-refractivity contribution < 1.29 is 9.50 Å². The predicted molar refractivity (Wildman–Crippen MR) is 81.4 cm³/mol. The Morgan fingerprint density at radius 3 is 2.58 bits per heavy atom. The molecule has 0 amide bonds. The molecule has 0 aromatic heterocycles. The summed E-state index contributed by atoms with van der Waals surface area (Å²) >= 11 is 2.08. The average molecular weight is 368 g/mol. The Labute approximate surface area is 125 Å². The van der Waals surface area contributed by atoms with Gasteiger partial charge in [0.2, 0.25) is 0 Å². The summed E-state index contributed by atoms with van der Waals surface area (Å²) in [6.07, 6.45) is 0.497. The van der Waals surface area contributed by atoms with Gasteiger partial charge in [0.25, 0.3) is 0 Å². The fourth-order valence-electron chi connectivity index (χ4n) is 2.62. The highest BCUT2D eigenvalue weighted by atomic mass is 127. The summed E-state index contributed by atoms with van der Waals surface area (Å²) in [6, 6.07) is 14.8. The Morgan fingerprint density at radius 1 is 1.16 bits per heavy atom. The third-order valence-corrected chi connectivity index (χ3v) is 4.69. The zero-order chi connectivity index (χ0) is 13.4. The summed E-state index contributed by atoms with van der Waals surface area (Å²) in [4.78, 5) is 0. The SMILES string of the molecule is OC(c1ccc(F)cc1I)C1CC1c1ccccc1. The van der Waals surface area contributed by atoms with Gasteiger partial charge in [-0.2, -0.15) is 0 Å². The fraction of sp³-hybridized carbons (Fsp3) is 0.250. The standard InChI is InChI=1S/C16H14FIO/c17-11-6-7-12(15(18)8-11)16(19)14-9-13(14)10-4-2-1-3-5-10/h1-8,13-14,16,19H,9H2. The zero-order valence-corrected chi connectivity index (χ0v) is 12.4. The van der Waals surface area contributed by atoms with Crippen LogP contribution in [0.3, 0.4) is 0 Å². The second-order valence-corrected chi connectivity index (χ2v) is 6.19. The lowest BCUT2D eigenvalue weighted by Crippen LogP contribution is -2.04. The molecular weight excluding hydrogens is 354 g/mol. The van der Waals surface area contributed by atoms with E-state index in [4.69, 9.17) is 0 Å². The van der Waals surface area contributed by atoms with Crippen molar-refractivity contribution in [3.8, 4) is 0 Å². The number of rotatable bonds is 3. The van der Waals surface area contributed by atoms with E-state index >= 15 is 0 Å². The van der Waals surface area contributed by atoms with Crippen LogP contribution in [-0.2, 0) is 0 Å². The second-order valence-electron chi connectivity index (χ2n) is 5.03. The lowest BCUT2D eigenvalue weighted by Gasteiger charge is -2.13. The number of benzene rings is 2. The van der Waals surface area contributed by atoms with E-state index in [-0.39, 0.29) is 11.7 Å². The quantitative estimate of drug-likeness (QED) is 0.803. The zero-order valence-electron chi connectivity index (χ0n) is 10.3. The van der Waals surface area contributed by atoms with Crippen molar-refractivity contribution >= 4 is 22.6 Å². The number of aliphatic hydroxyl groups excluding tert-OH is 1. The van der Waals surface area contributed by atoms with Crippen LogP contribution in [0.5, 0.6) is 0 Å². The molecule has 0 saturated heterocycles. The molecule has 0 aliphatic heterocycles. The predicted octanol–water partition coefficient (Wildman–Crippen LogP) is 4.27. The smallest absolute Gasteiger partial charge is 0.124 e. The molecule has 3 rings (SSSR count). The third-order valence-electron chi connectivity index (χ3n) is 3.75. The minimum absolute atomic E-state index is 0.251. The van der Waals surface area contributed by atoms with Crippen molar-refractivity contribution in [3.05, 3.63) is 69.0 Å². The van der Waals surface area contributed by atoms with Crippen molar-refractivity contribution in [2.75, 3.05) is 0 Å². The van der Waals surface area contributed by atoms with E-state index < -0.39 is 6.10 Å². The molecule has 98 valence electrons. The lowest BCUT2D eigenvalue weighted by molar-refractivity contribution is 0.150. The molecule has 3 unspecified atom stereocenters. The highest BCUT2D eigenvalue weighted by Crippen LogP contribution is 2.54. The first-order valence-electron chi connectivity index (χ1n) is 6.35. The average Bonchev–Trinajstić information content (AvgIpc) is 3.19. The Hall–Kier alpha value is -0.940. The van der Waals surface area contributed by atoms with Gasteiger partial charge in [0.1, 0.15) is 5.82 Å². The molecule has 0 spiro atoms. The fourth-order valence-corrected chi connectivity index (χ4v) is 3.42. The summed E-state index contributed by atoms with van der Waals surface area (Å²) in [5.41, 5.74) is 2.12. The highest BCUT2D eigenvalue weighted by Gasteiger charge is 2.44. The van der Waals surface area contributed by atoms with Gasteiger partial charge in [-0.3, -0.25) is 0 Å². The van der Waals surface area contributed by atoms with Gasteiger partial charge in [-0.05, 0) is 64.1 Å². The van der Waals surface area contributed by atoms with E-state index in [1.165, 1.54) is 17.7 Å². The Balaban J connectivity index is 1.78. The van der Waals surface area contributed by atoms with E-state index in [1.807, 2.05) is 18.2 Å². The van der Waals surface area contributed by atoms with Crippen LogP contribution in [0.2, 0.25) is 0 Å². The first-order chi connectivity index (χ1) is 9.16. The van der Waals surface area contributed by atoms with Gasteiger partial charge in [0, 0.05) is 3.57 Å². The summed E-state index contributed by atoms with van der Waals surface area (Å²) in [7, 11) is 0. The summed E-state index contributed by atoms with van der Waals surface area (Å²) in [6.45, 7) is 0. The van der Waals surface area contributed by atoms with Crippen LogP contribution in [-0.4, -0.2) is 5.11 Å². The number of hydrogen-bond donors (Lipinski definition) is 1. The molecule has 3 heteroatoms. The van der Waals surface area contributed by atoms with Gasteiger partial charge in [0.15, 0.2) is 0 Å². The van der Waals surface area contributed by atoms with Gasteiger partial charge in [-0.1, -0.05) is 36.4 Å². The summed E-state index contributed by atoms with van der Waals surface area (Å²) in [5.74, 6) is 0.425. The van der Waals surface area contributed by atoms with E-state index in [0.29, 0.717) is 5.92 Å². The number of aliphatic hydroxyl groups is 1. The van der Waals surface area contributed by atoms with Gasteiger partial charge >= 0.3 is 0 Å². The molecule has 1 aliphatic rings. The Kier molecular flexibility index (Phi) is 3.58. The molecule has 2 aromatic carbocycles. The molecule has 19 heavy (non-hydrogen) atoms. The van der Waals surface area contributed by atoms with Crippen LogP contribution < -0.4 is 0 Å². The second kappa shape index (κ2) is 5.21. The number of halogens is 2. The van der Waals surface area contributed by atoms with Crippen molar-refractivity contribution in [1.82, 2.24) is 0 Å². The van der Waals surface area contributed by atoms with Crippen LogP contribution in [0.25, 0.3) is 0 Å². The maximum atomic E-state index is 13.1. The molecule has 1 nitrogen and oxygen atoms in total. The summed E-state index contributed by atoms with van der Waals surface area (Å²) in [5, 5.41) is 10.4. The van der Waals surface area contributed by atoms with Gasteiger partial charge in [-0.15, -0.1) is 0 Å². The first kappa shape index (κ1) is 13.1. The maximum absolute atomic E-state index is 13.1.